The van der Waals surface area contributed by atoms with E-state index in [0.29, 0.717) is 12.3 Å². The van der Waals surface area contributed by atoms with Crippen LogP contribution in [0.1, 0.15) is 40.7 Å². The van der Waals surface area contributed by atoms with Crippen LogP contribution in [0.5, 0.6) is 0 Å². The molecule has 0 bridgehead atoms. The topological polar surface area (TPSA) is 46.1 Å². The van der Waals surface area contributed by atoms with Gasteiger partial charge in [0.2, 0.25) is 5.91 Å². The average Bonchev–Trinajstić information content (AvgIpc) is 2.96. The summed E-state index contributed by atoms with van der Waals surface area (Å²) in [7, 11) is 0. The van der Waals surface area contributed by atoms with E-state index in [-0.39, 0.29) is 5.91 Å². The van der Waals surface area contributed by atoms with E-state index in [1.165, 1.54) is 5.01 Å². The Labute approximate surface area is 135 Å². The standard InChI is InChI=1S/C17H21N3OS/c1-12-5-6-14(9-18-12)8-16(21)20-7-3-4-15(10-20)17-19-13(2)11-22-17/h5-6,9,11,15H,3-4,7-8,10H2,1-2H3/t15-/m1/s1. The van der Waals surface area contributed by atoms with Gasteiger partial charge in [-0.25, -0.2) is 4.98 Å². The van der Waals surface area contributed by atoms with Crippen LogP contribution in [-0.4, -0.2) is 33.9 Å². The number of carbonyl (C=O) groups excluding carboxylic acids is 1. The Kier molecular flexibility index (Phi) is 4.52. The van der Waals surface area contributed by atoms with Crippen LogP contribution >= 0.6 is 11.3 Å². The molecule has 0 aromatic carbocycles. The number of piperidine rings is 1. The van der Waals surface area contributed by atoms with Gasteiger partial charge in [-0.1, -0.05) is 6.07 Å². The molecular formula is C17H21N3OS. The predicted molar refractivity (Wildman–Crippen MR) is 88.1 cm³/mol. The van der Waals surface area contributed by atoms with Gasteiger partial charge in [0.15, 0.2) is 0 Å². The van der Waals surface area contributed by atoms with Gasteiger partial charge in [-0.15, -0.1) is 11.3 Å². The predicted octanol–water partition coefficient (Wildman–Crippen LogP) is 3.10. The molecule has 3 rings (SSSR count). The summed E-state index contributed by atoms with van der Waals surface area (Å²) in [5, 5.41) is 3.26. The summed E-state index contributed by atoms with van der Waals surface area (Å²) >= 11 is 1.72. The van der Waals surface area contributed by atoms with Gasteiger partial charge in [0.1, 0.15) is 0 Å². The molecule has 1 aliphatic rings. The molecule has 5 heteroatoms. The number of pyridine rings is 1. The fourth-order valence-electron chi connectivity index (χ4n) is 2.85. The van der Waals surface area contributed by atoms with Crippen LogP contribution in [0.25, 0.3) is 0 Å². The Morgan fingerprint density at radius 3 is 2.91 bits per heavy atom. The molecule has 0 aliphatic carbocycles. The van der Waals surface area contributed by atoms with Crippen LogP contribution in [0.3, 0.4) is 0 Å². The Morgan fingerprint density at radius 1 is 1.36 bits per heavy atom. The van der Waals surface area contributed by atoms with Crippen LogP contribution in [0, 0.1) is 13.8 Å². The van der Waals surface area contributed by atoms with Crippen molar-refractivity contribution in [1.82, 2.24) is 14.9 Å². The van der Waals surface area contributed by atoms with E-state index in [9.17, 15) is 4.79 Å². The van der Waals surface area contributed by atoms with E-state index in [0.717, 1.165) is 42.9 Å². The number of carbonyl (C=O) groups is 1. The maximum atomic E-state index is 12.5. The number of thiazole rings is 1. The third kappa shape index (κ3) is 3.53. The lowest BCUT2D eigenvalue weighted by molar-refractivity contribution is -0.131. The lowest BCUT2D eigenvalue weighted by atomic mass is 9.98. The summed E-state index contributed by atoms with van der Waals surface area (Å²) in [6.07, 6.45) is 4.43. The number of aromatic nitrogens is 2. The third-order valence-electron chi connectivity index (χ3n) is 4.09. The molecule has 4 nitrogen and oxygen atoms in total. The Morgan fingerprint density at radius 2 is 2.23 bits per heavy atom. The lowest BCUT2D eigenvalue weighted by Crippen LogP contribution is -2.39. The van der Waals surface area contributed by atoms with Crippen molar-refractivity contribution in [1.29, 1.82) is 0 Å². The van der Waals surface area contributed by atoms with Crippen molar-refractivity contribution in [3.63, 3.8) is 0 Å². The summed E-state index contributed by atoms with van der Waals surface area (Å²) in [4.78, 5) is 23.4. The molecule has 22 heavy (non-hydrogen) atoms. The number of hydrogen-bond acceptors (Lipinski definition) is 4. The van der Waals surface area contributed by atoms with Crippen molar-refractivity contribution < 1.29 is 4.79 Å². The first kappa shape index (κ1) is 15.2. The first-order valence-corrected chi connectivity index (χ1v) is 8.61. The number of aryl methyl sites for hydroxylation is 2. The molecule has 0 unspecified atom stereocenters. The van der Waals surface area contributed by atoms with Crippen molar-refractivity contribution in [2.24, 2.45) is 0 Å². The van der Waals surface area contributed by atoms with Gasteiger partial charge in [-0.05, 0) is 38.3 Å². The molecule has 0 spiro atoms. The molecule has 1 aliphatic heterocycles. The fraction of sp³-hybridized carbons (Fsp3) is 0.471. The second-order valence-corrected chi connectivity index (χ2v) is 6.88. The molecule has 1 atom stereocenters. The van der Waals surface area contributed by atoms with Gasteiger partial charge in [0.25, 0.3) is 0 Å². The van der Waals surface area contributed by atoms with Crippen molar-refractivity contribution in [2.45, 2.75) is 39.0 Å². The number of amides is 1. The molecule has 0 radical (unpaired) electrons. The minimum absolute atomic E-state index is 0.198. The third-order valence-corrected chi connectivity index (χ3v) is 5.21. The molecule has 0 N–H and O–H groups in total. The minimum Gasteiger partial charge on any atom is -0.342 e. The average molecular weight is 315 g/mol. The Balaban J connectivity index is 1.63. The van der Waals surface area contributed by atoms with Gasteiger partial charge >= 0.3 is 0 Å². The molecule has 2 aromatic rings. The van der Waals surface area contributed by atoms with Crippen molar-refractivity contribution >= 4 is 17.2 Å². The second kappa shape index (κ2) is 6.57. The van der Waals surface area contributed by atoms with E-state index in [2.05, 4.69) is 15.3 Å². The number of hydrogen-bond donors (Lipinski definition) is 0. The summed E-state index contributed by atoms with van der Waals surface area (Å²) in [5.41, 5.74) is 3.05. The van der Waals surface area contributed by atoms with E-state index >= 15 is 0 Å². The van der Waals surface area contributed by atoms with Gasteiger partial charge in [0.05, 0.1) is 11.4 Å². The fourth-order valence-corrected chi connectivity index (χ4v) is 3.78. The maximum Gasteiger partial charge on any atom is 0.227 e. The van der Waals surface area contributed by atoms with Gasteiger partial charge in [-0.2, -0.15) is 0 Å². The van der Waals surface area contributed by atoms with Gasteiger partial charge in [-0.3, -0.25) is 9.78 Å². The highest BCUT2D eigenvalue weighted by atomic mass is 32.1. The van der Waals surface area contributed by atoms with Crippen LogP contribution in [0.2, 0.25) is 0 Å². The molecule has 1 fully saturated rings. The number of nitrogens with zero attached hydrogens (tertiary/aromatic N) is 3. The number of likely N-dealkylation sites (tertiary alicyclic amines) is 1. The second-order valence-electron chi connectivity index (χ2n) is 5.99. The molecule has 1 amide bonds. The van der Waals surface area contributed by atoms with E-state index in [1.54, 1.807) is 17.5 Å². The van der Waals surface area contributed by atoms with Crippen LogP contribution in [0.4, 0.5) is 0 Å². The monoisotopic (exact) mass is 315 g/mol. The molecule has 116 valence electrons. The van der Waals surface area contributed by atoms with Crippen LogP contribution < -0.4 is 0 Å². The zero-order chi connectivity index (χ0) is 15.5. The smallest absolute Gasteiger partial charge is 0.227 e. The van der Waals surface area contributed by atoms with Crippen molar-refractivity contribution in [2.75, 3.05) is 13.1 Å². The summed E-state index contributed by atoms with van der Waals surface area (Å²) in [5.74, 6) is 0.594. The van der Waals surface area contributed by atoms with E-state index in [1.807, 2.05) is 30.9 Å². The van der Waals surface area contributed by atoms with Crippen molar-refractivity contribution in [3.05, 3.63) is 45.7 Å². The summed E-state index contributed by atoms with van der Waals surface area (Å²) in [6.45, 7) is 5.64. The van der Waals surface area contributed by atoms with Crippen molar-refractivity contribution in [3.8, 4) is 0 Å². The van der Waals surface area contributed by atoms with Gasteiger partial charge < -0.3 is 4.90 Å². The van der Waals surface area contributed by atoms with Crippen LogP contribution in [-0.2, 0) is 11.2 Å². The van der Waals surface area contributed by atoms with E-state index < -0.39 is 0 Å². The number of rotatable bonds is 3. The molecule has 2 aromatic heterocycles. The summed E-state index contributed by atoms with van der Waals surface area (Å²) < 4.78 is 0. The van der Waals surface area contributed by atoms with Crippen LogP contribution in [0.15, 0.2) is 23.7 Å². The maximum absolute atomic E-state index is 12.5. The zero-order valence-electron chi connectivity index (χ0n) is 13.1. The molecular weight excluding hydrogens is 294 g/mol. The normalized spacial score (nSPS) is 18.5. The quantitative estimate of drug-likeness (QED) is 0.874. The largest absolute Gasteiger partial charge is 0.342 e. The first-order valence-electron chi connectivity index (χ1n) is 7.73. The lowest BCUT2D eigenvalue weighted by Gasteiger charge is -2.32. The summed E-state index contributed by atoms with van der Waals surface area (Å²) in [6, 6.07) is 3.95. The van der Waals surface area contributed by atoms with Gasteiger partial charge in [0, 0.05) is 42.0 Å². The van der Waals surface area contributed by atoms with E-state index in [4.69, 9.17) is 0 Å². The molecule has 3 heterocycles. The zero-order valence-corrected chi connectivity index (χ0v) is 13.9. The first-order chi connectivity index (χ1) is 10.6. The highest BCUT2D eigenvalue weighted by molar-refractivity contribution is 7.09. The Bertz CT molecular complexity index is 650. The minimum atomic E-state index is 0.198. The highest BCUT2D eigenvalue weighted by Gasteiger charge is 2.26. The molecule has 1 saturated heterocycles. The SMILES string of the molecule is Cc1ccc(CC(=O)N2CCC[C@@H](c3nc(C)cs3)C2)cn1. The Hall–Kier alpha value is -1.75. The highest BCUT2D eigenvalue weighted by Crippen LogP contribution is 2.29. The molecule has 0 saturated carbocycles.